The first-order chi connectivity index (χ1) is 8.37. The number of hydrogen-bond acceptors (Lipinski definition) is 2. The number of hydrogen-bond donors (Lipinski definition) is 1. The lowest BCUT2D eigenvalue weighted by molar-refractivity contribution is -0.120. The molecule has 0 bridgehead atoms. The molecule has 1 aliphatic carbocycles. The predicted octanol–water partition coefficient (Wildman–Crippen LogP) is 4.50. The fraction of sp³-hybridized carbons (Fsp3) is 0.875. The van der Waals surface area contributed by atoms with E-state index in [1.807, 2.05) is 0 Å². The van der Waals surface area contributed by atoms with E-state index in [4.69, 9.17) is 4.43 Å². The highest BCUT2D eigenvalue weighted by atomic mass is 28.4. The van der Waals surface area contributed by atoms with E-state index in [1.54, 1.807) is 6.08 Å². The van der Waals surface area contributed by atoms with Crippen LogP contribution in [0.2, 0.25) is 18.1 Å². The Labute approximate surface area is 120 Å². The van der Waals surface area contributed by atoms with Crippen molar-refractivity contribution in [3.63, 3.8) is 0 Å². The lowest BCUT2D eigenvalue weighted by Gasteiger charge is -2.53. The molecule has 0 aliphatic heterocycles. The molecule has 0 saturated heterocycles. The second kappa shape index (κ2) is 5.01. The van der Waals surface area contributed by atoms with Crippen LogP contribution in [0.4, 0.5) is 0 Å². The Hall–Kier alpha value is -0.123. The molecule has 0 aromatic rings. The third-order valence-corrected chi connectivity index (χ3v) is 10.0. The molecule has 0 aromatic heterocycles. The summed E-state index contributed by atoms with van der Waals surface area (Å²) in [6, 6.07) is 0. The van der Waals surface area contributed by atoms with Crippen LogP contribution >= 0.6 is 0 Å². The first-order valence-corrected chi connectivity index (χ1v) is 10.3. The lowest BCUT2D eigenvalue weighted by Crippen LogP contribution is -2.57. The summed E-state index contributed by atoms with van der Waals surface area (Å²) >= 11 is 0. The van der Waals surface area contributed by atoms with E-state index in [1.165, 1.54) is 0 Å². The quantitative estimate of drug-likeness (QED) is 0.610. The van der Waals surface area contributed by atoms with Gasteiger partial charge in [-0.2, -0.15) is 0 Å². The molecule has 0 heterocycles. The van der Waals surface area contributed by atoms with Gasteiger partial charge in [-0.15, -0.1) is 6.58 Å². The molecule has 2 nitrogen and oxygen atoms in total. The molecule has 3 heteroatoms. The second-order valence-electron chi connectivity index (χ2n) is 8.11. The summed E-state index contributed by atoms with van der Waals surface area (Å²) in [5, 5.41) is 11.0. The molecular formula is C16H32O2Si. The molecule has 112 valence electrons. The van der Waals surface area contributed by atoms with Crippen LogP contribution in [0.1, 0.15) is 53.9 Å². The molecule has 0 aromatic carbocycles. The van der Waals surface area contributed by atoms with Gasteiger partial charge >= 0.3 is 0 Å². The smallest absolute Gasteiger partial charge is 0.192 e. The van der Waals surface area contributed by atoms with Gasteiger partial charge < -0.3 is 9.53 Å². The first kappa shape index (κ1) is 16.9. The van der Waals surface area contributed by atoms with Gasteiger partial charge in [0.15, 0.2) is 8.32 Å². The van der Waals surface area contributed by atoms with Crippen molar-refractivity contribution in [2.45, 2.75) is 83.7 Å². The largest absolute Gasteiger partial charge is 0.413 e. The van der Waals surface area contributed by atoms with E-state index in [2.05, 4.69) is 54.3 Å². The van der Waals surface area contributed by atoms with E-state index in [-0.39, 0.29) is 16.6 Å². The third-order valence-electron chi connectivity index (χ3n) is 5.53. The number of rotatable bonds is 3. The van der Waals surface area contributed by atoms with Crippen LogP contribution in [-0.4, -0.2) is 25.1 Å². The Balaban J connectivity index is 2.99. The molecule has 0 spiro atoms. The monoisotopic (exact) mass is 284 g/mol. The maximum Gasteiger partial charge on any atom is 0.192 e. The molecule has 1 rings (SSSR count). The number of aliphatic hydroxyl groups is 1. The molecule has 1 fully saturated rings. The van der Waals surface area contributed by atoms with Gasteiger partial charge in [0.2, 0.25) is 0 Å². The molecule has 1 N–H and O–H groups in total. The molecule has 2 atom stereocenters. The van der Waals surface area contributed by atoms with Crippen LogP contribution in [0.15, 0.2) is 12.7 Å². The summed E-state index contributed by atoms with van der Waals surface area (Å²) in [7, 11) is -1.80. The van der Waals surface area contributed by atoms with Crippen LogP contribution in [0.25, 0.3) is 0 Å². The summed E-state index contributed by atoms with van der Waals surface area (Å²) in [5.41, 5.74) is -1.08. The second-order valence-corrected chi connectivity index (χ2v) is 12.9. The Morgan fingerprint density at radius 1 is 1.32 bits per heavy atom. The van der Waals surface area contributed by atoms with E-state index >= 15 is 0 Å². The van der Waals surface area contributed by atoms with Crippen molar-refractivity contribution < 1.29 is 9.53 Å². The Kier molecular flexibility index (Phi) is 4.47. The van der Waals surface area contributed by atoms with Crippen molar-refractivity contribution in [1.82, 2.24) is 0 Å². The van der Waals surface area contributed by atoms with Gasteiger partial charge in [0.1, 0.15) is 0 Å². The molecular weight excluding hydrogens is 252 g/mol. The Morgan fingerprint density at radius 3 is 2.26 bits per heavy atom. The van der Waals surface area contributed by atoms with Crippen molar-refractivity contribution in [3.05, 3.63) is 12.7 Å². The van der Waals surface area contributed by atoms with Gasteiger partial charge in [-0.1, -0.05) is 40.7 Å². The summed E-state index contributed by atoms with van der Waals surface area (Å²) in [6.07, 6.45) is 4.67. The summed E-state index contributed by atoms with van der Waals surface area (Å²) in [5.74, 6) is 0. The zero-order chi connectivity index (χ0) is 15.1. The van der Waals surface area contributed by atoms with Gasteiger partial charge in [-0.25, -0.2) is 0 Å². The summed E-state index contributed by atoms with van der Waals surface area (Å²) < 4.78 is 6.59. The van der Waals surface area contributed by atoms with Crippen LogP contribution in [0.5, 0.6) is 0 Å². The highest BCUT2D eigenvalue weighted by Gasteiger charge is 2.52. The van der Waals surface area contributed by atoms with E-state index in [9.17, 15) is 5.11 Å². The minimum atomic E-state index is -1.80. The molecule has 0 radical (unpaired) electrons. The fourth-order valence-corrected chi connectivity index (χ4v) is 4.10. The van der Waals surface area contributed by atoms with Gasteiger partial charge in [-0.05, 0) is 37.4 Å². The molecule has 19 heavy (non-hydrogen) atoms. The minimum Gasteiger partial charge on any atom is -0.413 e. The zero-order valence-corrected chi connectivity index (χ0v) is 14.8. The van der Waals surface area contributed by atoms with Crippen LogP contribution in [-0.2, 0) is 4.43 Å². The lowest BCUT2D eigenvalue weighted by atomic mass is 9.64. The van der Waals surface area contributed by atoms with E-state index in [0.717, 1.165) is 19.3 Å². The van der Waals surface area contributed by atoms with Gasteiger partial charge in [0.25, 0.3) is 0 Å². The van der Waals surface area contributed by atoms with Crippen molar-refractivity contribution >= 4 is 8.32 Å². The van der Waals surface area contributed by atoms with Gasteiger partial charge in [0.05, 0.1) is 11.7 Å². The zero-order valence-electron chi connectivity index (χ0n) is 13.8. The molecule has 0 amide bonds. The topological polar surface area (TPSA) is 29.5 Å². The Bertz CT molecular complexity index is 341. The summed E-state index contributed by atoms with van der Waals surface area (Å²) in [4.78, 5) is 0. The average molecular weight is 285 g/mol. The summed E-state index contributed by atoms with van der Waals surface area (Å²) in [6.45, 7) is 19.4. The normalized spacial score (nSPS) is 32.1. The molecule has 1 unspecified atom stereocenters. The van der Waals surface area contributed by atoms with Gasteiger partial charge in [-0.3, -0.25) is 0 Å². The minimum absolute atomic E-state index is 0.116. The highest BCUT2D eigenvalue weighted by Crippen LogP contribution is 2.49. The fourth-order valence-electron chi connectivity index (χ4n) is 2.62. The predicted molar refractivity (Wildman–Crippen MR) is 84.8 cm³/mol. The van der Waals surface area contributed by atoms with Crippen molar-refractivity contribution in [3.8, 4) is 0 Å². The average Bonchev–Trinajstić information content (AvgIpc) is 2.23. The van der Waals surface area contributed by atoms with Crippen LogP contribution in [0.3, 0.4) is 0 Å². The van der Waals surface area contributed by atoms with Crippen molar-refractivity contribution in [1.29, 1.82) is 0 Å². The van der Waals surface area contributed by atoms with Crippen LogP contribution in [0, 0.1) is 5.41 Å². The maximum absolute atomic E-state index is 10.8. The van der Waals surface area contributed by atoms with Crippen LogP contribution < -0.4 is 0 Å². The molecule has 1 aliphatic rings. The third kappa shape index (κ3) is 2.98. The van der Waals surface area contributed by atoms with E-state index in [0.29, 0.717) is 0 Å². The van der Waals surface area contributed by atoms with E-state index < -0.39 is 13.9 Å². The highest BCUT2D eigenvalue weighted by molar-refractivity contribution is 6.74. The first-order valence-electron chi connectivity index (χ1n) is 7.41. The SMILES string of the molecule is C=CC1(O)CCC[C@H](O[Si](C)(C)C(C)(C)C)C1(C)C. The van der Waals surface area contributed by atoms with Gasteiger partial charge in [0, 0.05) is 5.41 Å². The molecule has 1 saturated carbocycles. The maximum atomic E-state index is 10.8. The Morgan fingerprint density at radius 2 is 1.84 bits per heavy atom. The van der Waals surface area contributed by atoms with Crippen molar-refractivity contribution in [2.75, 3.05) is 0 Å². The standard InChI is InChI=1S/C16H32O2Si/c1-9-16(17)12-10-11-13(15(16,5)6)18-19(7,8)14(2,3)4/h9,13,17H,1,10-12H2,2-8H3/t13-,16?/m0/s1. The van der Waals surface area contributed by atoms with Crippen molar-refractivity contribution in [2.24, 2.45) is 5.41 Å².